The maximum atomic E-state index is 12.8. The number of aryl methyl sites for hydroxylation is 1. The Hall–Kier alpha value is -2.25. The van der Waals surface area contributed by atoms with Crippen molar-refractivity contribution in [2.24, 2.45) is 5.92 Å². The van der Waals surface area contributed by atoms with Crippen LogP contribution in [0.25, 0.3) is 0 Å². The summed E-state index contributed by atoms with van der Waals surface area (Å²) >= 11 is 0. The Morgan fingerprint density at radius 2 is 1.96 bits per heavy atom. The molecule has 1 unspecified atom stereocenters. The van der Waals surface area contributed by atoms with Gasteiger partial charge in [0, 0.05) is 18.8 Å². The van der Waals surface area contributed by atoms with Crippen LogP contribution in [0.15, 0.2) is 53.4 Å². The molecule has 1 aliphatic heterocycles. The number of benzene rings is 1. The zero-order valence-corrected chi connectivity index (χ0v) is 15.6. The molecule has 1 fully saturated rings. The van der Waals surface area contributed by atoms with E-state index in [-0.39, 0.29) is 23.3 Å². The number of rotatable bonds is 5. The summed E-state index contributed by atoms with van der Waals surface area (Å²) in [6.45, 7) is 2.91. The van der Waals surface area contributed by atoms with Crippen LogP contribution in [-0.4, -0.2) is 36.7 Å². The first-order valence-corrected chi connectivity index (χ1v) is 10.2. The quantitative estimate of drug-likeness (QED) is 0.871. The molecule has 1 aromatic carbocycles. The van der Waals surface area contributed by atoms with Gasteiger partial charge in [0.1, 0.15) is 0 Å². The summed E-state index contributed by atoms with van der Waals surface area (Å²) in [6, 6.07) is 14.0. The molecule has 3 rings (SSSR count). The zero-order valence-electron chi connectivity index (χ0n) is 14.8. The maximum absolute atomic E-state index is 12.8. The second kappa shape index (κ2) is 7.97. The van der Waals surface area contributed by atoms with Crippen molar-refractivity contribution in [2.75, 3.05) is 13.1 Å². The Bertz CT molecular complexity index is 869. The van der Waals surface area contributed by atoms with E-state index in [9.17, 15) is 13.2 Å². The normalized spacial score (nSPS) is 18.4. The molecule has 26 heavy (non-hydrogen) atoms. The SMILES string of the molecule is Cc1cccc(CNC(=O)C2CCCN(S(=O)(=O)c3ccccc3)C2)n1. The van der Waals surface area contributed by atoms with Gasteiger partial charge in [-0.3, -0.25) is 9.78 Å². The smallest absolute Gasteiger partial charge is 0.243 e. The molecule has 138 valence electrons. The van der Waals surface area contributed by atoms with Gasteiger partial charge in [-0.2, -0.15) is 4.31 Å². The summed E-state index contributed by atoms with van der Waals surface area (Å²) in [5.74, 6) is -0.465. The second-order valence-corrected chi connectivity index (χ2v) is 8.44. The van der Waals surface area contributed by atoms with E-state index in [1.165, 1.54) is 4.31 Å². The molecular formula is C19H23N3O3S. The monoisotopic (exact) mass is 373 g/mol. The number of amides is 1. The van der Waals surface area contributed by atoms with E-state index >= 15 is 0 Å². The van der Waals surface area contributed by atoms with Crippen LogP contribution >= 0.6 is 0 Å². The predicted octanol–water partition coefficient (Wildman–Crippen LogP) is 2.11. The Labute approximate surface area is 154 Å². The van der Waals surface area contributed by atoms with Crippen LogP contribution in [0, 0.1) is 12.8 Å². The van der Waals surface area contributed by atoms with E-state index < -0.39 is 10.0 Å². The summed E-state index contributed by atoms with van der Waals surface area (Å²) in [6.07, 6.45) is 1.36. The number of nitrogens with one attached hydrogen (secondary N) is 1. The number of piperidine rings is 1. The first-order chi connectivity index (χ1) is 12.5. The third-order valence-corrected chi connectivity index (χ3v) is 6.40. The highest BCUT2D eigenvalue weighted by atomic mass is 32.2. The lowest BCUT2D eigenvalue weighted by atomic mass is 9.99. The fourth-order valence-electron chi connectivity index (χ4n) is 3.14. The van der Waals surface area contributed by atoms with Gasteiger partial charge in [0.05, 0.1) is 23.1 Å². The van der Waals surface area contributed by atoms with Crippen molar-refractivity contribution in [1.82, 2.24) is 14.6 Å². The fourth-order valence-corrected chi connectivity index (χ4v) is 4.68. The molecule has 1 N–H and O–H groups in total. The number of hydrogen-bond acceptors (Lipinski definition) is 4. The van der Waals surface area contributed by atoms with Gasteiger partial charge in [-0.1, -0.05) is 24.3 Å². The molecule has 0 radical (unpaired) electrons. The average Bonchev–Trinajstić information content (AvgIpc) is 2.67. The molecule has 7 heteroatoms. The van der Waals surface area contributed by atoms with Crippen LogP contribution < -0.4 is 5.32 Å². The van der Waals surface area contributed by atoms with Gasteiger partial charge in [0.25, 0.3) is 0 Å². The highest BCUT2D eigenvalue weighted by molar-refractivity contribution is 7.89. The van der Waals surface area contributed by atoms with Gasteiger partial charge in [0.2, 0.25) is 15.9 Å². The van der Waals surface area contributed by atoms with Crippen LogP contribution in [0.1, 0.15) is 24.2 Å². The number of hydrogen-bond donors (Lipinski definition) is 1. The van der Waals surface area contributed by atoms with Crippen molar-refractivity contribution in [3.8, 4) is 0 Å². The minimum atomic E-state index is -3.56. The molecule has 1 aromatic heterocycles. The first kappa shape index (κ1) is 18.5. The Morgan fingerprint density at radius 1 is 1.19 bits per heavy atom. The minimum Gasteiger partial charge on any atom is -0.350 e. The lowest BCUT2D eigenvalue weighted by Crippen LogP contribution is -2.45. The number of nitrogens with zero attached hydrogens (tertiary/aromatic N) is 2. The van der Waals surface area contributed by atoms with E-state index in [0.717, 1.165) is 11.4 Å². The van der Waals surface area contributed by atoms with Gasteiger partial charge in [-0.15, -0.1) is 0 Å². The zero-order chi connectivity index (χ0) is 18.6. The number of carbonyl (C=O) groups excluding carboxylic acids is 1. The summed E-state index contributed by atoms with van der Waals surface area (Å²) in [5, 5.41) is 2.88. The van der Waals surface area contributed by atoms with Crippen molar-refractivity contribution >= 4 is 15.9 Å². The molecule has 1 amide bonds. The topological polar surface area (TPSA) is 79.4 Å². The molecule has 0 bridgehead atoms. The first-order valence-electron chi connectivity index (χ1n) is 8.72. The van der Waals surface area contributed by atoms with E-state index in [1.807, 2.05) is 25.1 Å². The van der Waals surface area contributed by atoms with E-state index in [4.69, 9.17) is 0 Å². The number of pyridine rings is 1. The highest BCUT2D eigenvalue weighted by Gasteiger charge is 2.33. The Balaban J connectivity index is 1.63. The van der Waals surface area contributed by atoms with Crippen LogP contribution in [0.4, 0.5) is 0 Å². The van der Waals surface area contributed by atoms with Crippen LogP contribution in [0.3, 0.4) is 0 Å². The summed E-state index contributed by atoms with van der Waals surface area (Å²) in [5.41, 5.74) is 1.69. The molecule has 1 atom stereocenters. The largest absolute Gasteiger partial charge is 0.350 e. The lowest BCUT2D eigenvalue weighted by Gasteiger charge is -2.31. The van der Waals surface area contributed by atoms with Gasteiger partial charge in [0.15, 0.2) is 0 Å². The summed E-state index contributed by atoms with van der Waals surface area (Å²) in [4.78, 5) is 17.1. The van der Waals surface area contributed by atoms with Gasteiger partial charge in [-0.05, 0) is 44.0 Å². The van der Waals surface area contributed by atoms with Crippen molar-refractivity contribution in [3.05, 3.63) is 59.9 Å². The van der Waals surface area contributed by atoms with Gasteiger partial charge < -0.3 is 5.32 Å². The lowest BCUT2D eigenvalue weighted by molar-refractivity contribution is -0.126. The van der Waals surface area contributed by atoms with Gasteiger partial charge in [-0.25, -0.2) is 8.42 Å². The molecule has 0 spiro atoms. The molecule has 1 aliphatic rings. The van der Waals surface area contributed by atoms with E-state index in [2.05, 4.69) is 10.3 Å². The predicted molar refractivity (Wildman–Crippen MR) is 98.7 cm³/mol. The standard InChI is InChI=1S/C19H23N3O3S/c1-15-7-5-9-17(21-15)13-20-19(23)16-8-6-12-22(14-16)26(24,25)18-10-3-2-4-11-18/h2-5,7,9-11,16H,6,8,12-14H2,1H3,(H,20,23). The number of sulfonamides is 1. The molecule has 0 saturated carbocycles. The van der Waals surface area contributed by atoms with Gasteiger partial charge >= 0.3 is 0 Å². The number of aromatic nitrogens is 1. The molecule has 1 saturated heterocycles. The van der Waals surface area contributed by atoms with Crippen molar-refractivity contribution in [2.45, 2.75) is 31.2 Å². The minimum absolute atomic E-state index is 0.124. The molecule has 2 heterocycles. The van der Waals surface area contributed by atoms with Crippen LogP contribution in [0.2, 0.25) is 0 Å². The van der Waals surface area contributed by atoms with Crippen molar-refractivity contribution < 1.29 is 13.2 Å². The van der Waals surface area contributed by atoms with E-state index in [0.29, 0.717) is 25.9 Å². The van der Waals surface area contributed by atoms with Crippen LogP contribution in [-0.2, 0) is 21.4 Å². The fraction of sp³-hybridized carbons (Fsp3) is 0.368. The average molecular weight is 373 g/mol. The Kier molecular flexibility index (Phi) is 5.68. The highest BCUT2D eigenvalue weighted by Crippen LogP contribution is 2.23. The second-order valence-electron chi connectivity index (χ2n) is 6.50. The summed E-state index contributed by atoms with van der Waals surface area (Å²) < 4.78 is 26.9. The Morgan fingerprint density at radius 3 is 2.69 bits per heavy atom. The van der Waals surface area contributed by atoms with E-state index in [1.54, 1.807) is 30.3 Å². The molecule has 6 nitrogen and oxygen atoms in total. The molecular weight excluding hydrogens is 350 g/mol. The van der Waals surface area contributed by atoms with Crippen molar-refractivity contribution in [3.63, 3.8) is 0 Å². The molecule has 2 aromatic rings. The summed E-state index contributed by atoms with van der Waals surface area (Å²) in [7, 11) is -3.56. The molecule has 0 aliphatic carbocycles. The van der Waals surface area contributed by atoms with Crippen LogP contribution in [0.5, 0.6) is 0 Å². The number of carbonyl (C=O) groups is 1. The third kappa shape index (κ3) is 4.28. The van der Waals surface area contributed by atoms with Crippen molar-refractivity contribution in [1.29, 1.82) is 0 Å². The maximum Gasteiger partial charge on any atom is 0.243 e. The third-order valence-electron chi connectivity index (χ3n) is 4.53.